The number of amides is 1. The summed E-state index contributed by atoms with van der Waals surface area (Å²) >= 11 is 0. The van der Waals surface area contributed by atoms with Crippen molar-refractivity contribution in [2.24, 2.45) is 0 Å². The molecule has 0 heterocycles. The fraction of sp³-hybridized carbons (Fsp3) is 0.385. The smallest absolute Gasteiger partial charge is 0.224 e. The Labute approximate surface area is 100 Å². The molecule has 0 bridgehead atoms. The molecule has 17 heavy (non-hydrogen) atoms. The van der Waals surface area contributed by atoms with Gasteiger partial charge in [0.25, 0.3) is 0 Å². The summed E-state index contributed by atoms with van der Waals surface area (Å²) in [5, 5.41) is 11.1. The van der Waals surface area contributed by atoms with Gasteiger partial charge in [-0.2, -0.15) is 5.26 Å². The van der Waals surface area contributed by atoms with Crippen LogP contribution in [0, 0.1) is 17.1 Å². The van der Waals surface area contributed by atoms with E-state index in [1.54, 1.807) is 0 Å². The summed E-state index contributed by atoms with van der Waals surface area (Å²) < 4.78 is 13.4. The van der Waals surface area contributed by atoms with Gasteiger partial charge in [0.2, 0.25) is 5.91 Å². The van der Waals surface area contributed by atoms with Crippen LogP contribution in [0.4, 0.5) is 10.1 Å². The van der Waals surface area contributed by atoms with E-state index in [0.29, 0.717) is 6.42 Å². The van der Waals surface area contributed by atoms with Crippen molar-refractivity contribution in [2.45, 2.75) is 32.6 Å². The SMILES string of the molecule is CCCCCC(=O)Nc1ccc(C#N)cc1F. The Bertz CT molecular complexity index is 438. The van der Waals surface area contributed by atoms with Gasteiger partial charge in [-0.25, -0.2) is 4.39 Å². The number of hydrogen-bond acceptors (Lipinski definition) is 2. The van der Waals surface area contributed by atoms with Crippen molar-refractivity contribution in [1.82, 2.24) is 0 Å². The molecule has 0 unspecified atom stereocenters. The molecule has 1 aromatic rings. The maximum Gasteiger partial charge on any atom is 0.224 e. The predicted molar refractivity (Wildman–Crippen MR) is 63.9 cm³/mol. The number of nitrogens with one attached hydrogen (secondary N) is 1. The average molecular weight is 234 g/mol. The van der Waals surface area contributed by atoms with Crippen molar-refractivity contribution in [1.29, 1.82) is 5.26 Å². The van der Waals surface area contributed by atoms with Crippen LogP contribution in [0.5, 0.6) is 0 Å². The summed E-state index contributed by atoms with van der Waals surface area (Å²) in [4.78, 5) is 11.5. The molecular weight excluding hydrogens is 219 g/mol. The molecule has 0 fully saturated rings. The van der Waals surface area contributed by atoms with Crippen LogP contribution in [0.2, 0.25) is 0 Å². The van der Waals surface area contributed by atoms with Crippen LogP contribution in [-0.4, -0.2) is 5.91 Å². The molecule has 0 radical (unpaired) electrons. The predicted octanol–water partition coefficient (Wildman–Crippen LogP) is 3.22. The first-order chi connectivity index (χ1) is 8.17. The maximum absolute atomic E-state index is 13.4. The zero-order valence-corrected chi connectivity index (χ0v) is 9.79. The Morgan fingerprint density at radius 1 is 1.47 bits per heavy atom. The van der Waals surface area contributed by atoms with Crippen LogP contribution >= 0.6 is 0 Å². The van der Waals surface area contributed by atoms with Crippen molar-refractivity contribution in [2.75, 3.05) is 5.32 Å². The maximum atomic E-state index is 13.4. The lowest BCUT2D eigenvalue weighted by Crippen LogP contribution is -2.12. The summed E-state index contributed by atoms with van der Waals surface area (Å²) in [5.74, 6) is -0.769. The van der Waals surface area contributed by atoms with Crippen molar-refractivity contribution < 1.29 is 9.18 Å². The third-order valence-corrected chi connectivity index (χ3v) is 2.38. The lowest BCUT2D eigenvalue weighted by atomic mass is 10.2. The Morgan fingerprint density at radius 3 is 2.82 bits per heavy atom. The number of carbonyl (C=O) groups is 1. The van der Waals surface area contributed by atoms with E-state index in [9.17, 15) is 9.18 Å². The van der Waals surface area contributed by atoms with Gasteiger partial charge in [-0.3, -0.25) is 4.79 Å². The summed E-state index contributed by atoms with van der Waals surface area (Å²) in [6.07, 6.45) is 3.23. The summed E-state index contributed by atoms with van der Waals surface area (Å²) in [7, 11) is 0. The number of unbranched alkanes of at least 4 members (excludes halogenated alkanes) is 2. The molecule has 90 valence electrons. The molecule has 1 aromatic carbocycles. The number of anilines is 1. The second kappa shape index (κ2) is 6.64. The van der Waals surface area contributed by atoms with Crippen LogP contribution < -0.4 is 5.32 Å². The zero-order chi connectivity index (χ0) is 12.7. The molecule has 0 aliphatic carbocycles. The molecule has 0 saturated carbocycles. The molecule has 3 nitrogen and oxygen atoms in total. The van der Waals surface area contributed by atoms with Gasteiger partial charge in [-0.1, -0.05) is 19.8 Å². The van der Waals surface area contributed by atoms with E-state index in [2.05, 4.69) is 12.2 Å². The van der Waals surface area contributed by atoms with Gasteiger partial charge >= 0.3 is 0 Å². The highest BCUT2D eigenvalue weighted by molar-refractivity contribution is 5.90. The molecule has 0 aromatic heterocycles. The minimum atomic E-state index is -0.576. The van der Waals surface area contributed by atoms with Crippen molar-refractivity contribution in [3.63, 3.8) is 0 Å². The van der Waals surface area contributed by atoms with Gasteiger partial charge in [-0.05, 0) is 24.6 Å². The minimum Gasteiger partial charge on any atom is -0.324 e. The molecule has 0 saturated heterocycles. The number of hydrogen-bond donors (Lipinski definition) is 1. The Morgan fingerprint density at radius 2 is 2.24 bits per heavy atom. The molecule has 1 amide bonds. The number of halogens is 1. The molecule has 1 N–H and O–H groups in total. The van der Waals surface area contributed by atoms with E-state index < -0.39 is 5.82 Å². The number of nitrogens with zero attached hydrogens (tertiary/aromatic N) is 1. The number of benzene rings is 1. The van der Waals surface area contributed by atoms with Crippen LogP contribution in [0.3, 0.4) is 0 Å². The number of carbonyl (C=O) groups excluding carboxylic acids is 1. The van der Waals surface area contributed by atoms with Crippen molar-refractivity contribution in [3.05, 3.63) is 29.6 Å². The van der Waals surface area contributed by atoms with Gasteiger partial charge < -0.3 is 5.32 Å². The van der Waals surface area contributed by atoms with Crippen molar-refractivity contribution >= 4 is 11.6 Å². The Balaban J connectivity index is 2.57. The van der Waals surface area contributed by atoms with Gasteiger partial charge in [0.1, 0.15) is 5.82 Å². The molecule has 0 aliphatic rings. The molecule has 4 heteroatoms. The number of rotatable bonds is 5. The fourth-order valence-corrected chi connectivity index (χ4v) is 1.43. The first-order valence-electron chi connectivity index (χ1n) is 5.67. The highest BCUT2D eigenvalue weighted by atomic mass is 19.1. The molecule has 0 spiro atoms. The highest BCUT2D eigenvalue weighted by Gasteiger charge is 2.07. The van der Waals surface area contributed by atoms with Crippen LogP contribution in [0.1, 0.15) is 38.2 Å². The third-order valence-electron chi connectivity index (χ3n) is 2.38. The molecular formula is C13H15FN2O. The van der Waals surface area contributed by atoms with Gasteiger partial charge in [0, 0.05) is 6.42 Å². The lowest BCUT2D eigenvalue weighted by molar-refractivity contribution is -0.116. The van der Waals surface area contributed by atoms with E-state index in [1.165, 1.54) is 12.1 Å². The van der Waals surface area contributed by atoms with Crippen LogP contribution in [0.15, 0.2) is 18.2 Å². The summed E-state index contributed by atoms with van der Waals surface area (Å²) in [6.45, 7) is 2.05. The fourth-order valence-electron chi connectivity index (χ4n) is 1.43. The van der Waals surface area contributed by atoms with E-state index in [4.69, 9.17) is 5.26 Å². The van der Waals surface area contributed by atoms with Crippen LogP contribution in [0.25, 0.3) is 0 Å². The molecule has 0 atom stereocenters. The second-order valence-electron chi connectivity index (χ2n) is 3.81. The summed E-state index contributed by atoms with van der Waals surface area (Å²) in [5.41, 5.74) is 0.372. The van der Waals surface area contributed by atoms with E-state index in [1.807, 2.05) is 6.07 Å². The largest absolute Gasteiger partial charge is 0.324 e. The Kier molecular flexibility index (Phi) is 5.15. The number of nitriles is 1. The molecule has 0 aliphatic heterocycles. The highest BCUT2D eigenvalue weighted by Crippen LogP contribution is 2.15. The minimum absolute atomic E-state index is 0.130. The standard InChI is InChI=1S/C13H15FN2O/c1-2-3-4-5-13(17)16-12-7-6-10(9-15)8-11(12)14/h6-8H,2-5H2,1H3,(H,16,17). The monoisotopic (exact) mass is 234 g/mol. The first-order valence-corrected chi connectivity index (χ1v) is 5.67. The average Bonchev–Trinajstić information content (AvgIpc) is 2.32. The quantitative estimate of drug-likeness (QED) is 0.795. The lowest BCUT2D eigenvalue weighted by Gasteiger charge is -2.06. The van der Waals surface area contributed by atoms with Gasteiger partial charge in [-0.15, -0.1) is 0 Å². The van der Waals surface area contributed by atoms with E-state index in [0.717, 1.165) is 25.3 Å². The first kappa shape index (κ1) is 13.2. The van der Waals surface area contributed by atoms with Crippen LogP contribution in [-0.2, 0) is 4.79 Å². The second-order valence-corrected chi connectivity index (χ2v) is 3.81. The Hall–Kier alpha value is -1.89. The molecule has 1 rings (SSSR count). The van der Waals surface area contributed by atoms with Crippen molar-refractivity contribution in [3.8, 4) is 6.07 Å². The van der Waals surface area contributed by atoms with Gasteiger partial charge in [0.15, 0.2) is 0 Å². The normalized spacial score (nSPS) is 9.71. The van der Waals surface area contributed by atoms with E-state index in [-0.39, 0.29) is 17.2 Å². The summed E-state index contributed by atoms with van der Waals surface area (Å²) in [6, 6.07) is 5.84. The van der Waals surface area contributed by atoms with Gasteiger partial charge in [0.05, 0.1) is 17.3 Å². The third kappa shape index (κ3) is 4.23. The zero-order valence-electron chi connectivity index (χ0n) is 9.79. The van der Waals surface area contributed by atoms with E-state index >= 15 is 0 Å². The topological polar surface area (TPSA) is 52.9 Å².